The highest BCUT2D eigenvalue weighted by atomic mass is 32.2. The standard InChI is InChI=1S/C19H16FN5OS2/c1-12-2-7-16-22-15(8-17(26)25(16)10-12)11-27-19-24-23-18(28-19)21-9-13-3-5-14(20)6-4-13/h2-8,10H,9,11H2,1H3,(H,21,23). The zero-order valence-electron chi connectivity index (χ0n) is 14.9. The summed E-state index contributed by atoms with van der Waals surface area (Å²) in [7, 11) is 0. The lowest BCUT2D eigenvalue weighted by Gasteiger charge is -2.04. The lowest BCUT2D eigenvalue weighted by atomic mass is 10.2. The number of rotatable bonds is 6. The van der Waals surface area contributed by atoms with Crippen molar-refractivity contribution in [3.05, 3.63) is 81.7 Å². The highest BCUT2D eigenvalue weighted by Gasteiger charge is 2.08. The van der Waals surface area contributed by atoms with Crippen LogP contribution in [-0.2, 0) is 12.3 Å². The predicted octanol–water partition coefficient (Wildman–Crippen LogP) is 3.90. The van der Waals surface area contributed by atoms with Crippen molar-refractivity contribution in [1.29, 1.82) is 0 Å². The lowest BCUT2D eigenvalue weighted by molar-refractivity contribution is 0.627. The van der Waals surface area contributed by atoms with E-state index in [4.69, 9.17) is 0 Å². The molecule has 0 aliphatic rings. The van der Waals surface area contributed by atoms with E-state index in [9.17, 15) is 9.18 Å². The van der Waals surface area contributed by atoms with Crippen LogP contribution >= 0.6 is 23.1 Å². The van der Waals surface area contributed by atoms with Crippen molar-refractivity contribution in [3.63, 3.8) is 0 Å². The van der Waals surface area contributed by atoms with E-state index in [0.717, 1.165) is 15.5 Å². The fourth-order valence-electron chi connectivity index (χ4n) is 2.59. The van der Waals surface area contributed by atoms with Crippen molar-refractivity contribution >= 4 is 33.9 Å². The van der Waals surface area contributed by atoms with Crippen molar-refractivity contribution in [2.45, 2.75) is 23.6 Å². The van der Waals surface area contributed by atoms with Gasteiger partial charge in [0.15, 0.2) is 4.34 Å². The summed E-state index contributed by atoms with van der Waals surface area (Å²) in [6.45, 7) is 2.48. The highest BCUT2D eigenvalue weighted by Crippen LogP contribution is 2.28. The van der Waals surface area contributed by atoms with Gasteiger partial charge in [0.05, 0.1) is 5.69 Å². The number of anilines is 1. The fraction of sp³-hybridized carbons (Fsp3) is 0.158. The number of aryl methyl sites for hydroxylation is 1. The van der Waals surface area contributed by atoms with Crippen LogP contribution in [0.5, 0.6) is 0 Å². The molecule has 0 aliphatic heterocycles. The quantitative estimate of drug-likeness (QED) is 0.484. The molecule has 0 radical (unpaired) electrons. The number of hydrogen-bond donors (Lipinski definition) is 1. The van der Waals surface area contributed by atoms with Crippen molar-refractivity contribution < 1.29 is 4.39 Å². The van der Waals surface area contributed by atoms with Gasteiger partial charge in [-0.3, -0.25) is 9.20 Å². The van der Waals surface area contributed by atoms with Gasteiger partial charge in [-0.1, -0.05) is 41.3 Å². The molecule has 4 rings (SSSR count). The molecule has 4 aromatic rings. The van der Waals surface area contributed by atoms with Crippen LogP contribution in [0, 0.1) is 12.7 Å². The van der Waals surface area contributed by atoms with Crippen LogP contribution in [0.2, 0.25) is 0 Å². The number of halogens is 1. The van der Waals surface area contributed by atoms with Crippen LogP contribution in [-0.4, -0.2) is 19.6 Å². The first-order chi connectivity index (χ1) is 13.6. The molecule has 142 valence electrons. The summed E-state index contributed by atoms with van der Waals surface area (Å²) in [6.07, 6.45) is 1.78. The van der Waals surface area contributed by atoms with Crippen LogP contribution in [0.3, 0.4) is 0 Å². The van der Waals surface area contributed by atoms with E-state index >= 15 is 0 Å². The molecule has 3 heterocycles. The number of fused-ring (bicyclic) bond motifs is 1. The van der Waals surface area contributed by atoms with E-state index in [2.05, 4.69) is 20.5 Å². The van der Waals surface area contributed by atoms with Gasteiger partial charge in [-0.2, -0.15) is 0 Å². The monoisotopic (exact) mass is 413 g/mol. The minimum absolute atomic E-state index is 0.0942. The predicted molar refractivity (Wildman–Crippen MR) is 109 cm³/mol. The van der Waals surface area contributed by atoms with Gasteiger partial charge in [-0.05, 0) is 36.2 Å². The topological polar surface area (TPSA) is 72.2 Å². The van der Waals surface area contributed by atoms with Crippen LogP contribution in [0.15, 0.2) is 57.8 Å². The number of pyridine rings is 1. The molecule has 0 unspecified atom stereocenters. The minimum Gasteiger partial charge on any atom is -0.356 e. The Morgan fingerprint density at radius 1 is 1.18 bits per heavy atom. The molecule has 0 amide bonds. The van der Waals surface area contributed by atoms with Gasteiger partial charge >= 0.3 is 0 Å². The van der Waals surface area contributed by atoms with Crippen molar-refractivity contribution in [1.82, 2.24) is 19.6 Å². The van der Waals surface area contributed by atoms with E-state index in [1.807, 2.05) is 19.1 Å². The molecular weight excluding hydrogens is 397 g/mol. The largest absolute Gasteiger partial charge is 0.356 e. The Morgan fingerprint density at radius 3 is 2.82 bits per heavy atom. The summed E-state index contributed by atoms with van der Waals surface area (Å²) in [5.74, 6) is 0.280. The van der Waals surface area contributed by atoms with Crippen LogP contribution in [0.1, 0.15) is 16.8 Å². The van der Waals surface area contributed by atoms with Crippen LogP contribution in [0.25, 0.3) is 5.65 Å². The molecule has 9 heteroatoms. The zero-order chi connectivity index (χ0) is 19.5. The maximum atomic E-state index is 12.9. The third-order valence-electron chi connectivity index (χ3n) is 3.97. The number of thioether (sulfide) groups is 1. The second-order valence-electron chi connectivity index (χ2n) is 6.16. The van der Waals surface area contributed by atoms with Crippen molar-refractivity contribution in [3.8, 4) is 0 Å². The van der Waals surface area contributed by atoms with Gasteiger partial charge in [-0.15, -0.1) is 10.2 Å². The molecule has 0 saturated heterocycles. The zero-order valence-corrected chi connectivity index (χ0v) is 16.6. The van der Waals surface area contributed by atoms with Crippen molar-refractivity contribution in [2.24, 2.45) is 0 Å². The molecule has 0 saturated carbocycles. The number of benzene rings is 1. The minimum atomic E-state index is -0.254. The molecule has 0 fully saturated rings. The summed E-state index contributed by atoms with van der Waals surface area (Å²) >= 11 is 2.91. The Hall–Kier alpha value is -2.78. The maximum absolute atomic E-state index is 12.9. The van der Waals surface area contributed by atoms with Crippen molar-refractivity contribution in [2.75, 3.05) is 5.32 Å². The third kappa shape index (κ3) is 4.37. The number of aromatic nitrogens is 4. The Bertz CT molecular complexity index is 1170. The molecule has 3 aromatic heterocycles. The van der Waals surface area contributed by atoms with Gasteiger partial charge in [-0.25, -0.2) is 9.37 Å². The summed E-state index contributed by atoms with van der Waals surface area (Å²) in [4.78, 5) is 16.8. The maximum Gasteiger partial charge on any atom is 0.258 e. The average molecular weight is 414 g/mol. The molecule has 1 N–H and O–H groups in total. The van der Waals surface area contributed by atoms with Gasteiger partial charge in [0.2, 0.25) is 5.13 Å². The molecule has 0 aliphatic carbocycles. The van der Waals surface area contributed by atoms with Gasteiger partial charge in [0, 0.05) is 24.6 Å². The normalized spacial score (nSPS) is 11.1. The third-order valence-corrected chi connectivity index (χ3v) is 6.02. The number of nitrogens with zero attached hydrogens (tertiary/aromatic N) is 4. The van der Waals surface area contributed by atoms with E-state index in [1.54, 1.807) is 28.8 Å². The first kappa shape index (κ1) is 18.6. The first-order valence-electron chi connectivity index (χ1n) is 8.50. The molecule has 1 aromatic carbocycles. The molecule has 0 bridgehead atoms. The Balaban J connectivity index is 1.39. The summed E-state index contributed by atoms with van der Waals surface area (Å²) < 4.78 is 15.3. The molecule has 6 nitrogen and oxygen atoms in total. The SMILES string of the molecule is Cc1ccc2nc(CSc3nnc(NCc4ccc(F)cc4)s3)cc(=O)n2c1. The first-order valence-corrected chi connectivity index (χ1v) is 10.3. The van der Waals surface area contributed by atoms with E-state index < -0.39 is 0 Å². The van der Waals surface area contributed by atoms with E-state index in [0.29, 0.717) is 28.8 Å². The van der Waals surface area contributed by atoms with Crippen LogP contribution < -0.4 is 10.9 Å². The second kappa shape index (κ2) is 8.07. The van der Waals surface area contributed by atoms with E-state index in [-0.39, 0.29) is 11.4 Å². The Morgan fingerprint density at radius 2 is 2.00 bits per heavy atom. The smallest absolute Gasteiger partial charge is 0.258 e. The van der Waals surface area contributed by atoms with Gasteiger partial charge in [0.25, 0.3) is 5.56 Å². The van der Waals surface area contributed by atoms with Gasteiger partial charge in [0.1, 0.15) is 11.5 Å². The summed E-state index contributed by atoms with van der Waals surface area (Å²) in [5.41, 5.74) is 3.21. The van der Waals surface area contributed by atoms with Gasteiger partial charge < -0.3 is 5.32 Å². The highest BCUT2D eigenvalue weighted by molar-refractivity contribution is 8.00. The van der Waals surface area contributed by atoms with E-state index in [1.165, 1.54) is 35.2 Å². The Labute approximate surface area is 168 Å². The fourth-order valence-corrected chi connectivity index (χ4v) is 4.23. The second-order valence-corrected chi connectivity index (χ2v) is 8.36. The van der Waals surface area contributed by atoms with Crippen LogP contribution in [0.4, 0.5) is 9.52 Å². The molecule has 0 spiro atoms. The molecule has 28 heavy (non-hydrogen) atoms. The summed E-state index contributed by atoms with van der Waals surface area (Å²) in [6, 6.07) is 11.6. The molecular formula is C19H16FN5OS2. The number of nitrogens with one attached hydrogen (secondary N) is 1. The lowest BCUT2D eigenvalue weighted by Crippen LogP contribution is -2.15. The summed E-state index contributed by atoms with van der Waals surface area (Å²) in [5, 5.41) is 12.1. The molecule has 0 atom stereocenters. The number of hydrogen-bond acceptors (Lipinski definition) is 7. The Kier molecular flexibility index (Phi) is 5.36. The average Bonchev–Trinajstić information content (AvgIpc) is 3.14.